The highest BCUT2D eigenvalue weighted by molar-refractivity contribution is 7.90. The van der Waals surface area contributed by atoms with Crippen LogP contribution in [0.5, 0.6) is 0 Å². The van der Waals surface area contributed by atoms with Gasteiger partial charge in [0.05, 0.1) is 5.92 Å². The molecule has 0 amide bonds. The lowest BCUT2D eigenvalue weighted by atomic mass is 9.44. The Morgan fingerprint density at radius 1 is 1.13 bits per heavy atom. The summed E-state index contributed by atoms with van der Waals surface area (Å²) < 4.78 is 10.2. The average molecular weight is 547 g/mol. The molecule has 0 spiro atoms. The number of hydrogen-bond donors (Lipinski definition) is 1. The van der Waals surface area contributed by atoms with Gasteiger partial charge in [0.15, 0.2) is 12.4 Å². The fraction of sp³-hybridized carbons (Fsp3) is 0.906. The van der Waals surface area contributed by atoms with Gasteiger partial charge in [-0.1, -0.05) is 45.1 Å². The number of carbonyl (C=O) groups is 1. The zero-order valence-corrected chi connectivity index (χ0v) is 25.4. The molecule has 4 saturated carbocycles. The van der Waals surface area contributed by atoms with E-state index >= 15 is 0 Å². The van der Waals surface area contributed by atoms with Crippen LogP contribution in [0.3, 0.4) is 0 Å². The predicted molar refractivity (Wildman–Crippen MR) is 156 cm³/mol. The Morgan fingerprint density at radius 3 is 2.71 bits per heavy atom. The SMILES string of the molecule is CC[C@@H](CCCCN)C(=O)OCC1=CS(C[C@H]2CCC3[C@@H]4CCC5C[C@@H](C)CC[C@]5(C)C4CC[C@@]32C)=NO1. The summed E-state index contributed by atoms with van der Waals surface area (Å²) in [5.41, 5.74) is 6.65. The molecule has 0 aromatic heterocycles. The van der Waals surface area contributed by atoms with Crippen molar-refractivity contribution in [2.45, 2.75) is 111 Å². The molecule has 0 aromatic carbocycles. The molecule has 4 unspecified atom stereocenters. The van der Waals surface area contributed by atoms with Crippen molar-refractivity contribution in [3.05, 3.63) is 11.2 Å². The van der Waals surface area contributed by atoms with E-state index in [2.05, 4.69) is 37.6 Å². The smallest absolute Gasteiger partial charge is 0.309 e. The van der Waals surface area contributed by atoms with Crippen molar-refractivity contribution in [1.29, 1.82) is 0 Å². The van der Waals surface area contributed by atoms with Crippen LogP contribution in [-0.4, -0.2) is 24.9 Å². The number of esters is 1. The normalized spacial score (nSPS) is 42.7. The molecule has 1 aliphatic heterocycles. The second kappa shape index (κ2) is 11.9. The number of nitrogens with two attached hydrogens (primary N) is 1. The number of hydrogen-bond acceptors (Lipinski definition) is 5. The van der Waals surface area contributed by atoms with E-state index < -0.39 is 0 Å². The first-order valence-electron chi connectivity index (χ1n) is 15.9. The molecule has 6 heteroatoms. The zero-order valence-electron chi connectivity index (χ0n) is 24.6. The number of fused-ring (bicyclic) bond motifs is 5. The van der Waals surface area contributed by atoms with E-state index in [1.807, 2.05) is 0 Å². The van der Waals surface area contributed by atoms with Gasteiger partial charge in [-0.3, -0.25) is 4.79 Å². The Bertz CT molecular complexity index is 920. The fourth-order valence-electron chi connectivity index (χ4n) is 9.77. The van der Waals surface area contributed by atoms with Crippen molar-refractivity contribution >= 4 is 16.7 Å². The van der Waals surface area contributed by atoms with Gasteiger partial charge in [0.1, 0.15) is 0 Å². The molecule has 4 fully saturated rings. The summed E-state index contributed by atoms with van der Waals surface area (Å²) in [7, 11) is -0.215. The monoisotopic (exact) mass is 546 g/mol. The highest BCUT2D eigenvalue weighted by Crippen LogP contribution is 2.67. The van der Waals surface area contributed by atoms with Crippen LogP contribution in [-0.2, 0) is 25.1 Å². The highest BCUT2D eigenvalue weighted by Gasteiger charge is 2.59. The number of carbonyl (C=O) groups excluding carboxylic acids is 1. The van der Waals surface area contributed by atoms with E-state index in [9.17, 15) is 4.79 Å². The third kappa shape index (κ3) is 5.51. The van der Waals surface area contributed by atoms with Gasteiger partial charge < -0.3 is 15.3 Å². The predicted octanol–water partition coefficient (Wildman–Crippen LogP) is 7.57. The first-order valence-corrected chi connectivity index (χ1v) is 17.3. The lowest BCUT2D eigenvalue weighted by Crippen LogP contribution is -2.53. The third-order valence-corrected chi connectivity index (χ3v) is 13.7. The first-order chi connectivity index (χ1) is 18.3. The van der Waals surface area contributed by atoms with E-state index in [1.54, 1.807) is 0 Å². The summed E-state index contributed by atoms with van der Waals surface area (Å²) in [5.74, 6) is 7.10. The number of unbranched alkanes of at least 4 members (excludes halogenated alkanes) is 1. The number of nitrogens with zero attached hydrogens (tertiary/aromatic N) is 1. The molecule has 38 heavy (non-hydrogen) atoms. The summed E-state index contributed by atoms with van der Waals surface area (Å²) >= 11 is 0. The Balaban J connectivity index is 1.15. The molecular weight excluding hydrogens is 492 g/mol. The average Bonchev–Trinajstić information content (AvgIpc) is 3.49. The third-order valence-electron chi connectivity index (χ3n) is 12.2. The molecule has 5 nitrogen and oxygen atoms in total. The van der Waals surface area contributed by atoms with Crippen molar-refractivity contribution in [3.8, 4) is 0 Å². The van der Waals surface area contributed by atoms with Crippen molar-refractivity contribution < 1.29 is 14.4 Å². The highest BCUT2D eigenvalue weighted by atomic mass is 32.2. The van der Waals surface area contributed by atoms with E-state index in [1.165, 1.54) is 57.8 Å². The van der Waals surface area contributed by atoms with Crippen LogP contribution >= 0.6 is 0 Å². The Kier molecular flexibility index (Phi) is 8.99. The Labute approximate surface area is 234 Å². The molecule has 2 N–H and O–H groups in total. The molecule has 216 valence electrons. The maximum Gasteiger partial charge on any atom is 0.309 e. The summed E-state index contributed by atoms with van der Waals surface area (Å²) in [6, 6.07) is 0. The summed E-state index contributed by atoms with van der Waals surface area (Å²) in [4.78, 5) is 18.2. The maximum atomic E-state index is 12.6. The van der Waals surface area contributed by atoms with Crippen molar-refractivity contribution in [2.24, 2.45) is 62.5 Å². The largest absolute Gasteiger partial charge is 0.457 e. The van der Waals surface area contributed by atoms with Crippen LogP contribution in [0.15, 0.2) is 15.7 Å². The number of ether oxygens (including phenoxy) is 1. The van der Waals surface area contributed by atoms with Crippen LogP contribution in [0.1, 0.15) is 111 Å². The van der Waals surface area contributed by atoms with Gasteiger partial charge in [-0.05, 0) is 134 Å². The second-order valence-electron chi connectivity index (χ2n) is 14.2. The molecule has 4 aliphatic carbocycles. The summed E-state index contributed by atoms with van der Waals surface area (Å²) in [5, 5.41) is 2.15. The zero-order chi connectivity index (χ0) is 26.9. The second-order valence-corrected chi connectivity index (χ2v) is 15.7. The quantitative estimate of drug-likeness (QED) is 0.226. The van der Waals surface area contributed by atoms with Gasteiger partial charge in [-0.2, -0.15) is 0 Å². The molecule has 0 radical (unpaired) electrons. The van der Waals surface area contributed by atoms with Crippen LogP contribution in [0, 0.1) is 52.3 Å². The topological polar surface area (TPSA) is 73.9 Å². The maximum absolute atomic E-state index is 12.6. The van der Waals surface area contributed by atoms with Gasteiger partial charge in [0.25, 0.3) is 0 Å². The van der Waals surface area contributed by atoms with E-state index in [-0.39, 0.29) is 29.2 Å². The van der Waals surface area contributed by atoms with Gasteiger partial charge in [-0.25, -0.2) is 0 Å². The molecular formula is C32H54N2O3S. The molecule has 0 bridgehead atoms. The van der Waals surface area contributed by atoms with Crippen molar-refractivity contribution in [1.82, 2.24) is 0 Å². The van der Waals surface area contributed by atoms with Crippen molar-refractivity contribution in [2.75, 3.05) is 18.9 Å². The van der Waals surface area contributed by atoms with Gasteiger partial charge in [-0.15, -0.1) is 0 Å². The molecule has 0 aromatic rings. The Hall–Kier alpha value is -0.880. The van der Waals surface area contributed by atoms with E-state index in [0.717, 1.165) is 72.7 Å². The Morgan fingerprint density at radius 2 is 1.92 bits per heavy atom. The van der Waals surface area contributed by atoms with Crippen LogP contribution in [0.25, 0.3) is 0 Å². The van der Waals surface area contributed by atoms with E-state index in [0.29, 0.717) is 17.4 Å². The minimum atomic E-state index is -0.215. The van der Waals surface area contributed by atoms with E-state index in [4.69, 9.17) is 15.3 Å². The van der Waals surface area contributed by atoms with Gasteiger partial charge in [0, 0.05) is 11.2 Å². The first kappa shape index (κ1) is 28.6. The van der Waals surface area contributed by atoms with Gasteiger partial charge >= 0.3 is 5.97 Å². The summed E-state index contributed by atoms with van der Waals surface area (Å²) in [6.45, 7) is 10.7. The minimum Gasteiger partial charge on any atom is -0.457 e. The molecule has 5 aliphatic rings. The molecule has 5 rings (SSSR count). The van der Waals surface area contributed by atoms with Gasteiger partial charge in [0.2, 0.25) is 0 Å². The van der Waals surface area contributed by atoms with Crippen LogP contribution in [0.2, 0.25) is 0 Å². The molecule has 0 saturated heterocycles. The fourth-order valence-corrected chi connectivity index (χ4v) is 11.5. The standard InChI is InChI=1S/C32H54N2O3S/c1-5-23(8-6-7-17-33)30(35)36-19-26-21-38(34-37-26)20-25-10-12-28-27-11-9-24-18-22(2)13-15-31(24,3)29(27)14-16-32(25,28)4/h21-25,27-29H,5-20,33H2,1-4H3/t22-,23-,24?,25+,27-,28?,29?,31-,32+,38?/m0/s1. The summed E-state index contributed by atoms with van der Waals surface area (Å²) in [6.07, 6.45) is 16.5. The lowest BCUT2D eigenvalue weighted by Gasteiger charge is -2.61. The van der Waals surface area contributed by atoms with Crippen LogP contribution < -0.4 is 5.73 Å². The molecule has 1 heterocycles. The number of rotatable bonds is 10. The van der Waals surface area contributed by atoms with Crippen molar-refractivity contribution in [3.63, 3.8) is 0 Å². The minimum absolute atomic E-state index is 0.0430. The van der Waals surface area contributed by atoms with Crippen LogP contribution in [0.4, 0.5) is 0 Å². The molecule has 10 atom stereocenters. The lowest BCUT2D eigenvalue weighted by molar-refractivity contribution is -0.148.